The van der Waals surface area contributed by atoms with Crippen LogP contribution in [0.3, 0.4) is 0 Å². The second-order valence-electron chi connectivity index (χ2n) is 3.97. The Morgan fingerprint density at radius 2 is 2.24 bits per heavy atom. The van der Waals surface area contributed by atoms with Gasteiger partial charge >= 0.3 is 0 Å². The van der Waals surface area contributed by atoms with Gasteiger partial charge in [0.2, 0.25) is 5.13 Å². The van der Waals surface area contributed by atoms with E-state index in [9.17, 15) is 4.39 Å². The Labute approximate surface area is 107 Å². The summed E-state index contributed by atoms with van der Waals surface area (Å²) in [5.41, 5.74) is 0.733. The molecule has 1 aromatic carbocycles. The first-order valence-corrected chi connectivity index (χ1v) is 6.43. The Morgan fingerprint density at radius 3 is 2.94 bits per heavy atom. The van der Waals surface area contributed by atoms with Gasteiger partial charge in [-0.15, -0.1) is 0 Å². The van der Waals surface area contributed by atoms with Gasteiger partial charge in [0.25, 0.3) is 0 Å². The third-order valence-electron chi connectivity index (χ3n) is 2.51. The summed E-state index contributed by atoms with van der Waals surface area (Å²) >= 11 is 7.04. The molecular weight excluding hydrogens is 261 g/mol. The summed E-state index contributed by atoms with van der Waals surface area (Å²) in [6, 6.07) is 5.05. The molecule has 1 N–H and O–H groups in total. The van der Waals surface area contributed by atoms with E-state index in [0.29, 0.717) is 11.9 Å². The molecule has 3 rings (SSSR count). The highest BCUT2D eigenvalue weighted by Crippen LogP contribution is 2.29. The van der Waals surface area contributed by atoms with Crippen LogP contribution in [-0.2, 0) is 0 Å². The maximum Gasteiger partial charge on any atom is 0.203 e. The number of halogens is 2. The van der Waals surface area contributed by atoms with Crippen molar-refractivity contribution in [3.63, 3.8) is 0 Å². The fourth-order valence-corrected chi connectivity index (χ4v) is 2.28. The molecule has 88 valence electrons. The van der Waals surface area contributed by atoms with Crippen molar-refractivity contribution < 1.29 is 4.39 Å². The van der Waals surface area contributed by atoms with Crippen LogP contribution in [0.4, 0.5) is 9.52 Å². The van der Waals surface area contributed by atoms with Crippen LogP contribution in [0, 0.1) is 5.82 Å². The first kappa shape index (κ1) is 10.9. The predicted octanol–water partition coefficient (Wildman–Crippen LogP) is 3.57. The highest BCUT2D eigenvalue weighted by Gasteiger charge is 2.22. The van der Waals surface area contributed by atoms with Crippen molar-refractivity contribution in [2.45, 2.75) is 18.9 Å². The number of benzene rings is 1. The zero-order valence-corrected chi connectivity index (χ0v) is 10.4. The molecule has 1 aromatic heterocycles. The number of nitrogens with zero attached hydrogens (tertiary/aromatic N) is 2. The van der Waals surface area contributed by atoms with E-state index < -0.39 is 5.82 Å². The van der Waals surface area contributed by atoms with Crippen LogP contribution >= 0.6 is 23.1 Å². The Balaban J connectivity index is 1.86. The van der Waals surface area contributed by atoms with Gasteiger partial charge in [0.15, 0.2) is 5.82 Å². The molecule has 0 unspecified atom stereocenters. The van der Waals surface area contributed by atoms with Crippen molar-refractivity contribution in [1.29, 1.82) is 0 Å². The van der Waals surface area contributed by atoms with Crippen LogP contribution in [0.5, 0.6) is 0 Å². The Bertz CT molecular complexity index is 553. The third-order valence-corrected chi connectivity index (χ3v) is 3.44. The number of aromatic nitrogens is 2. The van der Waals surface area contributed by atoms with Crippen LogP contribution in [0.1, 0.15) is 12.8 Å². The molecule has 0 radical (unpaired) electrons. The molecule has 6 heteroatoms. The fraction of sp³-hybridized carbons (Fsp3) is 0.273. The molecule has 0 saturated heterocycles. The van der Waals surface area contributed by atoms with Gasteiger partial charge in [-0.2, -0.15) is 9.36 Å². The largest absolute Gasteiger partial charge is 0.358 e. The van der Waals surface area contributed by atoms with Gasteiger partial charge in [-0.25, -0.2) is 4.39 Å². The Hall–Kier alpha value is -1.20. The van der Waals surface area contributed by atoms with E-state index in [2.05, 4.69) is 14.7 Å². The molecule has 0 aliphatic heterocycles. The SMILES string of the molecule is Fc1ccc(-c2nsc(NC3CC3)n2)cc1Cl. The zero-order chi connectivity index (χ0) is 11.8. The van der Waals surface area contributed by atoms with E-state index in [0.717, 1.165) is 10.7 Å². The molecule has 0 atom stereocenters. The van der Waals surface area contributed by atoms with Gasteiger partial charge in [0.1, 0.15) is 5.82 Å². The van der Waals surface area contributed by atoms with Gasteiger partial charge in [0.05, 0.1) is 5.02 Å². The van der Waals surface area contributed by atoms with Crippen LogP contribution in [-0.4, -0.2) is 15.4 Å². The van der Waals surface area contributed by atoms with E-state index in [1.54, 1.807) is 12.1 Å². The zero-order valence-electron chi connectivity index (χ0n) is 8.78. The Morgan fingerprint density at radius 1 is 1.41 bits per heavy atom. The molecule has 1 heterocycles. The van der Waals surface area contributed by atoms with E-state index in [1.807, 2.05) is 0 Å². The van der Waals surface area contributed by atoms with Gasteiger partial charge in [-0.05, 0) is 31.0 Å². The summed E-state index contributed by atoms with van der Waals surface area (Å²) in [5, 5.41) is 4.17. The maximum atomic E-state index is 13.0. The Kier molecular flexibility index (Phi) is 2.72. The molecule has 3 nitrogen and oxygen atoms in total. The minimum absolute atomic E-state index is 0.0917. The molecule has 2 aromatic rings. The fourth-order valence-electron chi connectivity index (χ4n) is 1.44. The number of hydrogen-bond donors (Lipinski definition) is 1. The van der Waals surface area contributed by atoms with Crippen molar-refractivity contribution in [2.75, 3.05) is 5.32 Å². The smallest absolute Gasteiger partial charge is 0.203 e. The molecule has 1 aliphatic carbocycles. The number of hydrogen-bond acceptors (Lipinski definition) is 4. The highest BCUT2D eigenvalue weighted by atomic mass is 35.5. The second kappa shape index (κ2) is 4.23. The summed E-state index contributed by atoms with van der Waals surface area (Å²) in [5.74, 6) is 0.155. The lowest BCUT2D eigenvalue weighted by molar-refractivity contribution is 0.628. The van der Waals surface area contributed by atoms with Crippen LogP contribution in [0.2, 0.25) is 5.02 Å². The molecule has 0 spiro atoms. The number of nitrogens with one attached hydrogen (secondary N) is 1. The minimum atomic E-state index is -0.429. The molecule has 17 heavy (non-hydrogen) atoms. The lowest BCUT2D eigenvalue weighted by Crippen LogP contribution is -1.99. The monoisotopic (exact) mass is 269 g/mol. The first-order valence-electron chi connectivity index (χ1n) is 5.28. The topological polar surface area (TPSA) is 37.8 Å². The number of anilines is 1. The average molecular weight is 270 g/mol. The van der Waals surface area contributed by atoms with E-state index in [1.165, 1.54) is 30.4 Å². The van der Waals surface area contributed by atoms with Crippen molar-refractivity contribution in [1.82, 2.24) is 9.36 Å². The van der Waals surface area contributed by atoms with Gasteiger partial charge < -0.3 is 5.32 Å². The standard InChI is InChI=1S/C11H9ClFN3S/c12-8-5-6(1-4-9(8)13)10-15-11(17-16-10)14-7-2-3-7/h1,4-5,7H,2-3H2,(H,14,15,16). The van der Waals surface area contributed by atoms with Gasteiger partial charge in [-0.3, -0.25) is 0 Å². The van der Waals surface area contributed by atoms with Crippen molar-refractivity contribution in [2.24, 2.45) is 0 Å². The third kappa shape index (κ3) is 2.40. The van der Waals surface area contributed by atoms with Crippen LogP contribution in [0.15, 0.2) is 18.2 Å². The summed E-state index contributed by atoms with van der Waals surface area (Å²) in [7, 11) is 0. The average Bonchev–Trinajstić information content (AvgIpc) is 2.99. The van der Waals surface area contributed by atoms with E-state index >= 15 is 0 Å². The molecular formula is C11H9ClFN3S. The molecule has 1 aliphatic rings. The second-order valence-corrected chi connectivity index (χ2v) is 5.13. The summed E-state index contributed by atoms with van der Waals surface area (Å²) in [4.78, 5) is 4.35. The summed E-state index contributed by atoms with van der Waals surface area (Å²) < 4.78 is 17.2. The van der Waals surface area contributed by atoms with Crippen molar-refractivity contribution in [3.05, 3.63) is 29.0 Å². The first-order chi connectivity index (χ1) is 8.22. The van der Waals surface area contributed by atoms with Crippen molar-refractivity contribution >= 4 is 28.3 Å². The quantitative estimate of drug-likeness (QED) is 0.926. The molecule has 1 fully saturated rings. The lowest BCUT2D eigenvalue weighted by atomic mass is 10.2. The van der Waals surface area contributed by atoms with E-state index in [-0.39, 0.29) is 5.02 Å². The predicted molar refractivity (Wildman–Crippen MR) is 67.0 cm³/mol. The summed E-state index contributed by atoms with van der Waals surface area (Å²) in [6.07, 6.45) is 2.38. The van der Waals surface area contributed by atoms with Crippen LogP contribution in [0.25, 0.3) is 11.4 Å². The normalized spacial score (nSPS) is 14.9. The number of rotatable bonds is 3. The molecule has 1 saturated carbocycles. The van der Waals surface area contributed by atoms with E-state index in [4.69, 9.17) is 11.6 Å². The summed E-state index contributed by atoms with van der Waals surface area (Å²) in [6.45, 7) is 0. The van der Waals surface area contributed by atoms with Crippen molar-refractivity contribution in [3.8, 4) is 11.4 Å². The minimum Gasteiger partial charge on any atom is -0.358 e. The lowest BCUT2D eigenvalue weighted by Gasteiger charge is -1.98. The highest BCUT2D eigenvalue weighted by molar-refractivity contribution is 7.09. The molecule has 0 amide bonds. The maximum absolute atomic E-state index is 13.0. The van der Waals surface area contributed by atoms with Gasteiger partial charge in [-0.1, -0.05) is 11.6 Å². The molecule has 0 bridgehead atoms. The van der Waals surface area contributed by atoms with Crippen LogP contribution < -0.4 is 5.32 Å². The van der Waals surface area contributed by atoms with Gasteiger partial charge in [0, 0.05) is 23.1 Å².